The van der Waals surface area contributed by atoms with Crippen molar-refractivity contribution >= 4 is 27.6 Å². The quantitative estimate of drug-likeness (QED) is 0.655. The molecule has 0 unspecified atom stereocenters. The number of anilines is 1. The van der Waals surface area contributed by atoms with Crippen LogP contribution in [0.2, 0.25) is 0 Å². The van der Waals surface area contributed by atoms with E-state index in [2.05, 4.69) is 15.9 Å². The van der Waals surface area contributed by atoms with Crippen molar-refractivity contribution in [1.82, 2.24) is 0 Å². The van der Waals surface area contributed by atoms with Gasteiger partial charge in [0, 0.05) is 10.2 Å². The fraction of sp³-hybridized carbons (Fsp3) is 0.300. The predicted molar refractivity (Wildman–Crippen MR) is 59.1 cm³/mol. The van der Waals surface area contributed by atoms with Crippen molar-refractivity contribution in [3.05, 3.63) is 28.2 Å². The van der Waals surface area contributed by atoms with Gasteiger partial charge in [0.05, 0.1) is 11.7 Å². The zero-order valence-corrected chi connectivity index (χ0v) is 9.67. The summed E-state index contributed by atoms with van der Waals surface area (Å²) in [7, 11) is 0. The first-order chi connectivity index (χ1) is 6.50. The summed E-state index contributed by atoms with van der Waals surface area (Å²) in [6.07, 6.45) is -0.129. The Morgan fingerprint density at radius 3 is 2.71 bits per heavy atom. The second kappa shape index (κ2) is 4.46. The van der Waals surface area contributed by atoms with Gasteiger partial charge in [0.2, 0.25) is 0 Å². The highest BCUT2D eigenvalue weighted by molar-refractivity contribution is 9.10. The molecule has 0 atom stereocenters. The maximum Gasteiger partial charge on any atom is 0.339 e. The lowest BCUT2D eigenvalue weighted by atomic mass is 10.2. The van der Waals surface area contributed by atoms with E-state index in [0.29, 0.717) is 15.7 Å². The fourth-order valence-electron chi connectivity index (χ4n) is 0.977. The summed E-state index contributed by atoms with van der Waals surface area (Å²) in [6, 6.07) is 5.04. The van der Waals surface area contributed by atoms with Crippen LogP contribution in [-0.4, -0.2) is 12.1 Å². The maximum atomic E-state index is 11.5. The molecule has 0 aliphatic carbocycles. The van der Waals surface area contributed by atoms with Crippen LogP contribution in [0.4, 0.5) is 5.69 Å². The monoisotopic (exact) mass is 257 g/mol. The van der Waals surface area contributed by atoms with E-state index in [0.717, 1.165) is 0 Å². The Kier molecular flexibility index (Phi) is 3.52. The van der Waals surface area contributed by atoms with Crippen LogP contribution < -0.4 is 5.73 Å². The van der Waals surface area contributed by atoms with Crippen molar-refractivity contribution in [2.24, 2.45) is 0 Å². The molecule has 0 heterocycles. The summed E-state index contributed by atoms with van der Waals surface area (Å²) >= 11 is 3.26. The predicted octanol–water partition coefficient (Wildman–Crippen LogP) is 2.60. The lowest BCUT2D eigenvalue weighted by Crippen LogP contribution is -2.12. The number of benzene rings is 1. The second-order valence-corrected chi connectivity index (χ2v) is 4.05. The smallest absolute Gasteiger partial charge is 0.339 e. The first-order valence-electron chi connectivity index (χ1n) is 4.26. The molecule has 0 fully saturated rings. The number of halogens is 1. The number of rotatable bonds is 2. The second-order valence-electron chi connectivity index (χ2n) is 3.19. The third kappa shape index (κ3) is 2.73. The molecule has 1 rings (SSSR count). The van der Waals surface area contributed by atoms with E-state index in [1.54, 1.807) is 32.0 Å². The van der Waals surface area contributed by atoms with E-state index in [-0.39, 0.29) is 12.1 Å². The molecule has 0 saturated heterocycles. The Bertz CT molecular complexity index is 350. The van der Waals surface area contributed by atoms with Gasteiger partial charge in [-0.05, 0) is 48.0 Å². The molecule has 0 saturated carbocycles. The number of nitrogens with two attached hydrogens (primary N) is 1. The van der Waals surface area contributed by atoms with Crippen molar-refractivity contribution in [2.45, 2.75) is 20.0 Å². The summed E-state index contributed by atoms with van der Waals surface area (Å²) in [5.74, 6) is -0.362. The van der Waals surface area contributed by atoms with Gasteiger partial charge in [0.1, 0.15) is 0 Å². The molecular weight excluding hydrogens is 246 g/mol. The van der Waals surface area contributed by atoms with E-state index in [9.17, 15) is 4.79 Å². The SMILES string of the molecule is CC(C)OC(=O)c1cc(N)ccc1Br. The lowest BCUT2D eigenvalue weighted by molar-refractivity contribution is 0.0377. The molecule has 0 aliphatic heterocycles. The Hall–Kier alpha value is -1.03. The molecule has 0 radical (unpaired) electrons. The molecule has 1 aromatic rings. The fourth-order valence-corrected chi connectivity index (χ4v) is 1.39. The first kappa shape index (κ1) is 11.0. The minimum absolute atomic E-state index is 0.129. The van der Waals surface area contributed by atoms with Gasteiger partial charge in [-0.3, -0.25) is 0 Å². The minimum atomic E-state index is -0.362. The summed E-state index contributed by atoms with van der Waals surface area (Å²) < 4.78 is 5.74. The molecule has 1 aromatic carbocycles. The van der Waals surface area contributed by atoms with Crippen LogP contribution in [0.5, 0.6) is 0 Å². The normalized spacial score (nSPS) is 10.3. The highest BCUT2D eigenvalue weighted by Crippen LogP contribution is 2.20. The molecule has 4 heteroatoms. The molecular formula is C10H12BrNO2. The molecule has 76 valence electrons. The van der Waals surface area contributed by atoms with Crippen molar-refractivity contribution in [3.63, 3.8) is 0 Å². The van der Waals surface area contributed by atoms with Gasteiger partial charge in [-0.2, -0.15) is 0 Å². The van der Waals surface area contributed by atoms with Gasteiger partial charge >= 0.3 is 5.97 Å². The summed E-state index contributed by atoms with van der Waals surface area (Å²) in [4.78, 5) is 11.5. The van der Waals surface area contributed by atoms with E-state index >= 15 is 0 Å². The third-order valence-corrected chi connectivity index (χ3v) is 2.24. The van der Waals surface area contributed by atoms with Crippen LogP contribution in [0, 0.1) is 0 Å². The van der Waals surface area contributed by atoms with Gasteiger partial charge in [0.15, 0.2) is 0 Å². The number of carbonyl (C=O) groups excluding carboxylic acids is 1. The number of carbonyl (C=O) groups is 1. The van der Waals surface area contributed by atoms with E-state index < -0.39 is 0 Å². The van der Waals surface area contributed by atoms with Crippen LogP contribution in [0.15, 0.2) is 22.7 Å². The van der Waals surface area contributed by atoms with Crippen LogP contribution in [-0.2, 0) is 4.74 Å². The topological polar surface area (TPSA) is 52.3 Å². The average Bonchev–Trinajstić information content (AvgIpc) is 2.08. The zero-order chi connectivity index (χ0) is 10.7. The van der Waals surface area contributed by atoms with E-state index in [1.807, 2.05) is 0 Å². The highest BCUT2D eigenvalue weighted by Gasteiger charge is 2.12. The largest absolute Gasteiger partial charge is 0.459 e. The summed E-state index contributed by atoms with van der Waals surface area (Å²) in [5, 5.41) is 0. The van der Waals surface area contributed by atoms with Crippen molar-refractivity contribution < 1.29 is 9.53 Å². The van der Waals surface area contributed by atoms with Crippen molar-refractivity contribution in [1.29, 1.82) is 0 Å². The molecule has 0 aromatic heterocycles. The Morgan fingerprint density at radius 1 is 1.50 bits per heavy atom. The van der Waals surface area contributed by atoms with Crippen LogP contribution >= 0.6 is 15.9 Å². The van der Waals surface area contributed by atoms with Gasteiger partial charge in [-0.15, -0.1) is 0 Å². The van der Waals surface area contributed by atoms with Crippen molar-refractivity contribution in [2.75, 3.05) is 5.73 Å². The van der Waals surface area contributed by atoms with Gasteiger partial charge in [-0.25, -0.2) is 4.79 Å². The van der Waals surface area contributed by atoms with E-state index in [4.69, 9.17) is 10.5 Å². The molecule has 3 nitrogen and oxygen atoms in total. The van der Waals surface area contributed by atoms with Gasteiger partial charge < -0.3 is 10.5 Å². The Morgan fingerprint density at radius 2 is 2.14 bits per heavy atom. The van der Waals surface area contributed by atoms with Gasteiger partial charge in [-0.1, -0.05) is 0 Å². The minimum Gasteiger partial charge on any atom is -0.459 e. The molecule has 0 amide bonds. The zero-order valence-electron chi connectivity index (χ0n) is 8.08. The standard InChI is InChI=1S/C10H12BrNO2/c1-6(2)14-10(13)8-5-7(12)3-4-9(8)11/h3-6H,12H2,1-2H3. The number of nitrogen functional groups attached to an aromatic ring is 1. The third-order valence-electron chi connectivity index (χ3n) is 1.55. The Labute approximate surface area is 91.4 Å². The van der Waals surface area contributed by atoms with Crippen LogP contribution in [0.3, 0.4) is 0 Å². The van der Waals surface area contributed by atoms with Crippen molar-refractivity contribution in [3.8, 4) is 0 Å². The number of ether oxygens (including phenoxy) is 1. The van der Waals surface area contributed by atoms with Gasteiger partial charge in [0.25, 0.3) is 0 Å². The molecule has 2 N–H and O–H groups in total. The van der Waals surface area contributed by atoms with Crippen LogP contribution in [0.25, 0.3) is 0 Å². The number of esters is 1. The summed E-state index contributed by atoms with van der Waals surface area (Å²) in [5.41, 5.74) is 6.57. The maximum absolute atomic E-state index is 11.5. The number of hydrogen-bond donors (Lipinski definition) is 1. The number of hydrogen-bond acceptors (Lipinski definition) is 3. The summed E-state index contributed by atoms with van der Waals surface area (Å²) in [6.45, 7) is 3.61. The highest BCUT2D eigenvalue weighted by atomic mass is 79.9. The molecule has 0 spiro atoms. The lowest BCUT2D eigenvalue weighted by Gasteiger charge is -2.09. The molecule has 0 aliphatic rings. The van der Waals surface area contributed by atoms with Crippen LogP contribution in [0.1, 0.15) is 24.2 Å². The molecule has 14 heavy (non-hydrogen) atoms. The molecule has 0 bridgehead atoms. The average molecular weight is 258 g/mol. The first-order valence-corrected chi connectivity index (χ1v) is 5.06. The van der Waals surface area contributed by atoms with E-state index in [1.165, 1.54) is 0 Å². The Balaban J connectivity index is 2.94.